The van der Waals surface area contributed by atoms with Gasteiger partial charge in [-0.25, -0.2) is 4.98 Å². The molecule has 0 aromatic carbocycles. The van der Waals surface area contributed by atoms with Crippen molar-refractivity contribution in [1.29, 1.82) is 0 Å². The molecular weight excluding hydrogens is 198 g/mol. The third kappa shape index (κ3) is 3.51. The number of aromatic nitrogens is 1. The van der Waals surface area contributed by atoms with Gasteiger partial charge in [-0.3, -0.25) is 0 Å². The molecule has 0 fully saturated rings. The number of nitrogen functional groups attached to an aromatic ring is 1. The molecule has 0 spiro atoms. The summed E-state index contributed by atoms with van der Waals surface area (Å²) in [7, 11) is 0. The summed E-state index contributed by atoms with van der Waals surface area (Å²) < 4.78 is 5.45. The van der Waals surface area contributed by atoms with E-state index in [9.17, 15) is 0 Å². The smallest absolute Gasteiger partial charge is 0.275 e. The Hall–Kier alpha value is -0.810. The third-order valence-electron chi connectivity index (χ3n) is 2.03. The van der Waals surface area contributed by atoms with Gasteiger partial charge < -0.3 is 15.4 Å². The predicted octanol–water partition coefficient (Wildman–Crippen LogP) is 1.45. The monoisotopic (exact) mass is 215 g/mol. The molecule has 0 aliphatic carbocycles. The summed E-state index contributed by atoms with van der Waals surface area (Å²) in [4.78, 5) is 6.32. The van der Waals surface area contributed by atoms with Crippen molar-refractivity contribution < 1.29 is 4.74 Å². The van der Waals surface area contributed by atoms with Gasteiger partial charge in [0, 0.05) is 6.54 Å². The molecule has 1 aromatic heterocycles. The number of nitrogens with two attached hydrogens (primary N) is 1. The summed E-state index contributed by atoms with van der Waals surface area (Å²) in [5.74, 6) is 0. The topological polar surface area (TPSA) is 51.4 Å². The highest BCUT2D eigenvalue weighted by atomic mass is 32.1. The van der Waals surface area contributed by atoms with E-state index in [1.165, 1.54) is 11.3 Å². The van der Waals surface area contributed by atoms with Crippen molar-refractivity contribution in [3.8, 4) is 5.19 Å². The van der Waals surface area contributed by atoms with Crippen LogP contribution in [-0.4, -0.2) is 36.1 Å². The van der Waals surface area contributed by atoms with E-state index in [2.05, 4.69) is 23.7 Å². The van der Waals surface area contributed by atoms with Gasteiger partial charge in [-0.2, -0.15) is 0 Å². The molecule has 5 heteroatoms. The maximum Gasteiger partial charge on any atom is 0.275 e. The molecule has 0 radical (unpaired) electrons. The molecule has 4 nitrogen and oxygen atoms in total. The summed E-state index contributed by atoms with van der Waals surface area (Å²) in [6.45, 7) is 8.01. The number of ether oxygens (including phenoxy) is 1. The average molecular weight is 215 g/mol. The van der Waals surface area contributed by atoms with Crippen molar-refractivity contribution in [2.45, 2.75) is 13.8 Å². The summed E-state index contributed by atoms with van der Waals surface area (Å²) in [6.07, 6.45) is 1.62. The Bertz CT molecular complexity index is 260. The molecule has 0 aliphatic heterocycles. The number of thiazole rings is 1. The van der Waals surface area contributed by atoms with Crippen molar-refractivity contribution in [1.82, 2.24) is 9.88 Å². The molecule has 0 aliphatic rings. The van der Waals surface area contributed by atoms with Crippen LogP contribution in [0.25, 0.3) is 0 Å². The van der Waals surface area contributed by atoms with E-state index in [1.807, 2.05) is 0 Å². The Balaban J connectivity index is 2.21. The minimum atomic E-state index is 0.662. The molecule has 0 atom stereocenters. The van der Waals surface area contributed by atoms with E-state index >= 15 is 0 Å². The molecule has 0 unspecified atom stereocenters. The lowest BCUT2D eigenvalue weighted by Crippen LogP contribution is -2.27. The van der Waals surface area contributed by atoms with Crippen LogP contribution < -0.4 is 10.5 Å². The first-order valence-electron chi connectivity index (χ1n) is 4.82. The van der Waals surface area contributed by atoms with Crippen LogP contribution in [0.4, 0.5) is 5.00 Å². The van der Waals surface area contributed by atoms with Crippen molar-refractivity contribution >= 4 is 16.3 Å². The second kappa shape index (κ2) is 5.82. The SMILES string of the molecule is CCN(CC)CCOc1ncc(N)s1. The fraction of sp³-hybridized carbons (Fsp3) is 0.667. The number of likely N-dealkylation sites (N-methyl/N-ethyl adjacent to an activating group) is 1. The van der Waals surface area contributed by atoms with E-state index < -0.39 is 0 Å². The second-order valence-electron chi connectivity index (χ2n) is 2.90. The summed E-state index contributed by atoms with van der Waals surface area (Å²) in [5, 5.41) is 1.36. The zero-order valence-corrected chi connectivity index (χ0v) is 9.51. The van der Waals surface area contributed by atoms with Crippen LogP contribution in [-0.2, 0) is 0 Å². The lowest BCUT2D eigenvalue weighted by molar-refractivity contribution is 0.222. The van der Waals surface area contributed by atoms with Gasteiger partial charge in [0.2, 0.25) is 0 Å². The Morgan fingerprint density at radius 2 is 2.21 bits per heavy atom. The first kappa shape index (κ1) is 11.3. The summed E-state index contributed by atoms with van der Waals surface area (Å²) in [6, 6.07) is 0. The summed E-state index contributed by atoms with van der Waals surface area (Å²) in [5.41, 5.74) is 5.53. The van der Waals surface area contributed by atoms with E-state index in [4.69, 9.17) is 10.5 Å². The third-order valence-corrected chi connectivity index (χ3v) is 2.77. The fourth-order valence-corrected chi connectivity index (χ4v) is 1.69. The van der Waals surface area contributed by atoms with Gasteiger partial charge in [-0.05, 0) is 13.1 Å². The molecule has 1 aromatic rings. The lowest BCUT2D eigenvalue weighted by Gasteiger charge is -2.17. The van der Waals surface area contributed by atoms with Crippen LogP contribution in [0.3, 0.4) is 0 Å². The Morgan fingerprint density at radius 1 is 1.50 bits per heavy atom. The molecular formula is C9H17N3OS. The Kier molecular flexibility index (Phi) is 4.69. The molecule has 14 heavy (non-hydrogen) atoms. The second-order valence-corrected chi connectivity index (χ2v) is 3.93. The van der Waals surface area contributed by atoms with Crippen molar-refractivity contribution in [3.05, 3.63) is 6.20 Å². The Morgan fingerprint density at radius 3 is 2.71 bits per heavy atom. The predicted molar refractivity (Wildman–Crippen MR) is 59.8 cm³/mol. The quantitative estimate of drug-likeness (QED) is 0.780. The molecule has 2 N–H and O–H groups in total. The highest BCUT2D eigenvalue weighted by Crippen LogP contribution is 2.21. The van der Waals surface area contributed by atoms with Gasteiger partial charge in [-0.15, -0.1) is 0 Å². The van der Waals surface area contributed by atoms with Gasteiger partial charge in [0.25, 0.3) is 5.19 Å². The number of rotatable bonds is 6. The fourth-order valence-electron chi connectivity index (χ4n) is 1.14. The van der Waals surface area contributed by atoms with Gasteiger partial charge in [0.05, 0.1) is 6.20 Å². The molecule has 80 valence electrons. The zero-order chi connectivity index (χ0) is 10.4. The standard InChI is InChI=1S/C9H17N3OS/c1-3-12(4-2)5-6-13-9-11-7-8(10)14-9/h7H,3-6,10H2,1-2H3. The molecule has 0 saturated heterocycles. The molecule has 1 rings (SSSR count). The molecule has 0 amide bonds. The molecule has 0 saturated carbocycles. The number of anilines is 1. The molecule has 0 bridgehead atoms. The minimum absolute atomic E-state index is 0.662. The normalized spacial score (nSPS) is 10.8. The van der Waals surface area contributed by atoms with Crippen LogP contribution >= 0.6 is 11.3 Å². The van der Waals surface area contributed by atoms with Crippen molar-refractivity contribution in [2.24, 2.45) is 0 Å². The van der Waals surface area contributed by atoms with Crippen LogP contribution in [0, 0.1) is 0 Å². The molecule has 1 heterocycles. The number of hydrogen-bond donors (Lipinski definition) is 1. The van der Waals surface area contributed by atoms with Crippen LogP contribution in [0.15, 0.2) is 6.20 Å². The van der Waals surface area contributed by atoms with E-state index in [0.717, 1.165) is 19.6 Å². The van der Waals surface area contributed by atoms with E-state index in [1.54, 1.807) is 6.20 Å². The lowest BCUT2D eigenvalue weighted by atomic mass is 10.5. The van der Waals surface area contributed by atoms with E-state index in [-0.39, 0.29) is 0 Å². The largest absolute Gasteiger partial charge is 0.469 e. The van der Waals surface area contributed by atoms with Gasteiger partial charge in [0.15, 0.2) is 0 Å². The minimum Gasteiger partial charge on any atom is -0.469 e. The van der Waals surface area contributed by atoms with Gasteiger partial charge in [0.1, 0.15) is 11.6 Å². The average Bonchev–Trinajstić information content (AvgIpc) is 2.59. The number of nitrogens with zero attached hydrogens (tertiary/aromatic N) is 2. The van der Waals surface area contributed by atoms with Crippen LogP contribution in [0.5, 0.6) is 5.19 Å². The summed E-state index contributed by atoms with van der Waals surface area (Å²) >= 11 is 1.38. The first-order chi connectivity index (χ1) is 6.76. The first-order valence-corrected chi connectivity index (χ1v) is 5.64. The van der Waals surface area contributed by atoms with Crippen molar-refractivity contribution in [2.75, 3.05) is 32.0 Å². The van der Waals surface area contributed by atoms with Crippen molar-refractivity contribution in [3.63, 3.8) is 0 Å². The highest BCUT2D eigenvalue weighted by Gasteiger charge is 2.02. The van der Waals surface area contributed by atoms with E-state index in [0.29, 0.717) is 16.8 Å². The highest BCUT2D eigenvalue weighted by molar-refractivity contribution is 7.17. The van der Waals surface area contributed by atoms with Crippen LogP contribution in [0.2, 0.25) is 0 Å². The van der Waals surface area contributed by atoms with Gasteiger partial charge >= 0.3 is 0 Å². The van der Waals surface area contributed by atoms with Crippen LogP contribution in [0.1, 0.15) is 13.8 Å². The van der Waals surface area contributed by atoms with Gasteiger partial charge in [-0.1, -0.05) is 25.2 Å². The number of hydrogen-bond acceptors (Lipinski definition) is 5. The maximum absolute atomic E-state index is 5.53. The zero-order valence-electron chi connectivity index (χ0n) is 8.69. The Labute approximate surface area is 88.7 Å². The maximum atomic E-state index is 5.53.